The van der Waals surface area contributed by atoms with Crippen molar-refractivity contribution in [2.45, 2.75) is 51.7 Å². The third kappa shape index (κ3) is 4.31. The summed E-state index contributed by atoms with van der Waals surface area (Å²) < 4.78 is 6.08. The first-order valence-electron chi connectivity index (χ1n) is 8.79. The van der Waals surface area contributed by atoms with E-state index in [1.165, 1.54) is 5.56 Å². The Kier molecular flexibility index (Phi) is 5.00. The number of hydrogen-bond acceptors (Lipinski definition) is 2. The maximum atomic E-state index is 6.08. The van der Waals surface area contributed by atoms with Gasteiger partial charge in [0.15, 0.2) is 5.11 Å². The lowest BCUT2D eigenvalue weighted by Gasteiger charge is -2.38. The van der Waals surface area contributed by atoms with Crippen molar-refractivity contribution >= 4 is 23.0 Å². The standard InChI is InChI=1S/C21H26N2OS/c1-14(2)15-9-11-16(12-10-15)22-20(25)23-18-13-21(3,4)24-19-8-6-5-7-17(18)19/h5-12,14,18H,13H2,1-4H3,(H2,22,23,25). The molecule has 1 unspecified atom stereocenters. The van der Waals surface area contributed by atoms with Crippen molar-refractivity contribution in [1.29, 1.82) is 0 Å². The van der Waals surface area contributed by atoms with Crippen molar-refractivity contribution in [2.75, 3.05) is 5.32 Å². The van der Waals surface area contributed by atoms with Gasteiger partial charge in [-0.25, -0.2) is 0 Å². The fourth-order valence-electron chi connectivity index (χ4n) is 3.21. The third-order valence-electron chi connectivity index (χ3n) is 4.52. The Morgan fingerprint density at radius 2 is 1.80 bits per heavy atom. The Bertz CT molecular complexity index is 753. The Morgan fingerprint density at radius 3 is 2.48 bits per heavy atom. The van der Waals surface area contributed by atoms with E-state index >= 15 is 0 Å². The summed E-state index contributed by atoms with van der Waals surface area (Å²) in [5.41, 5.74) is 3.26. The average molecular weight is 355 g/mol. The highest BCUT2D eigenvalue weighted by Crippen LogP contribution is 2.39. The second kappa shape index (κ2) is 7.04. The highest BCUT2D eigenvalue weighted by atomic mass is 32.1. The highest BCUT2D eigenvalue weighted by Gasteiger charge is 2.33. The molecule has 1 aliphatic heterocycles. The largest absolute Gasteiger partial charge is 0.487 e. The van der Waals surface area contributed by atoms with Gasteiger partial charge in [0, 0.05) is 17.7 Å². The van der Waals surface area contributed by atoms with E-state index in [-0.39, 0.29) is 11.6 Å². The number of ether oxygens (including phenoxy) is 1. The normalized spacial score (nSPS) is 18.2. The summed E-state index contributed by atoms with van der Waals surface area (Å²) in [7, 11) is 0. The molecule has 2 aromatic rings. The molecule has 0 spiro atoms. The van der Waals surface area contributed by atoms with Crippen LogP contribution in [0.2, 0.25) is 0 Å². The minimum Gasteiger partial charge on any atom is -0.487 e. The summed E-state index contributed by atoms with van der Waals surface area (Å²) in [6, 6.07) is 16.7. The van der Waals surface area contributed by atoms with E-state index in [0.717, 1.165) is 23.4 Å². The van der Waals surface area contributed by atoms with Gasteiger partial charge in [-0.2, -0.15) is 0 Å². The minimum absolute atomic E-state index is 0.134. The van der Waals surface area contributed by atoms with Crippen molar-refractivity contribution in [2.24, 2.45) is 0 Å². The molecule has 25 heavy (non-hydrogen) atoms. The smallest absolute Gasteiger partial charge is 0.171 e. The number of thiocarbonyl (C=S) groups is 1. The van der Waals surface area contributed by atoms with Crippen molar-refractivity contribution in [3.8, 4) is 5.75 Å². The van der Waals surface area contributed by atoms with E-state index < -0.39 is 0 Å². The van der Waals surface area contributed by atoms with Crippen LogP contribution in [0.3, 0.4) is 0 Å². The van der Waals surface area contributed by atoms with Gasteiger partial charge in [-0.3, -0.25) is 0 Å². The zero-order valence-electron chi connectivity index (χ0n) is 15.3. The topological polar surface area (TPSA) is 33.3 Å². The van der Waals surface area contributed by atoms with E-state index in [1.54, 1.807) is 0 Å². The molecule has 0 fully saturated rings. The van der Waals surface area contributed by atoms with E-state index in [4.69, 9.17) is 17.0 Å². The van der Waals surface area contributed by atoms with Gasteiger partial charge in [-0.05, 0) is 55.7 Å². The molecule has 0 aromatic heterocycles. The maximum Gasteiger partial charge on any atom is 0.171 e. The van der Waals surface area contributed by atoms with Gasteiger partial charge in [0.2, 0.25) is 0 Å². The molecule has 0 saturated heterocycles. The summed E-state index contributed by atoms with van der Waals surface area (Å²) in [6.07, 6.45) is 0.859. The number of fused-ring (bicyclic) bond motifs is 1. The van der Waals surface area contributed by atoms with E-state index in [0.29, 0.717) is 11.0 Å². The van der Waals surface area contributed by atoms with Gasteiger partial charge in [-0.1, -0.05) is 44.2 Å². The van der Waals surface area contributed by atoms with Crippen molar-refractivity contribution in [3.05, 3.63) is 59.7 Å². The molecule has 3 nitrogen and oxygen atoms in total. The summed E-state index contributed by atoms with van der Waals surface area (Å²) in [6.45, 7) is 8.61. The van der Waals surface area contributed by atoms with Crippen LogP contribution in [0.4, 0.5) is 5.69 Å². The summed E-state index contributed by atoms with van der Waals surface area (Å²) in [5.74, 6) is 1.46. The number of para-hydroxylation sites is 1. The quantitative estimate of drug-likeness (QED) is 0.723. The Balaban J connectivity index is 1.70. The van der Waals surface area contributed by atoms with Gasteiger partial charge in [0.05, 0.1) is 6.04 Å². The molecule has 0 amide bonds. The second-order valence-electron chi connectivity index (χ2n) is 7.53. The first kappa shape index (κ1) is 17.7. The predicted octanol–water partition coefficient (Wildman–Crippen LogP) is 5.40. The zero-order valence-corrected chi connectivity index (χ0v) is 16.1. The molecular formula is C21H26N2OS. The number of rotatable bonds is 3. The van der Waals surface area contributed by atoms with Crippen LogP contribution >= 0.6 is 12.2 Å². The Morgan fingerprint density at radius 1 is 1.12 bits per heavy atom. The summed E-state index contributed by atoms with van der Waals surface area (Å²) >= 11 is 5.54. The summed E-state index contributed by atoms with van der Waals surface area (Å²) in [5, 5.41) is 7.38. The molecule has 132 valence electrons. The van der Waals surface area contributed by atoms with Crippen LogP contribution < -0.4 is 15.4 Å². The molecule has 3 rings (SSSR count). The highest BCUT2D eigenvalue weighted by molar-refractivity contribution is 7.80. The lowest BCUT2D eigenvalue weighted by Crippen LogP contribution is -2.42. The summed E-state index contributed by atoms with van der Waals surface area (Å²) in [4.78, 5) is 0. The molecule has 2 aromatic carbocycles. The minimum atomic E-state index is -0.222. The molecule has 4 heteroatoms. The molecule has 0 saturated carbocycles. The van der Waals surface area contributed by atoms with Gasteiger partial charge >= 0.3 is 0 Å². The lowest BCUT2D eigenvalue weighted by molar-refractivity contribution is 0.0697. The van der Waals surface area contributed by atoms with Crippen LogP contribution in [0.25, 0.3) is 0 Å². The number of nitrogens with one attached hydrogen (secondary N) is 2. The van der Waals surface area contributed by atoms with Crippen LogP contribution in [0, 0.1) is 0 Å². The first-order valence-corrected chi connectivity index (χ1v) is 9.20. The maximum absolute atomic E-state index is 6.08. The van der Waals surface area contributed by atoms with Crippen molar-refractivity contribution < 1.29 is 4.74 Å². The molecule has 1 heterocycles. The average Bonchev–Trinajstić information content (AvgIpc) is 2.54. The number of anilines is 1. The van der Waals surface area contributed by atoms with E-state index in [9.17, 15) is 0 Å². The molecule has 0 radical (unpaired) electrons. The number of benzene rings is 2. The van der Waals surface area contributed by atoms with Gasteiger partial charge in [0.25, 0.3) is 0 Å². The van der Waals surface area contributed by atoms with Crippen LogP contribution in [0.5, 0.6) is 5.75 Å². The van der Waals surface area contributed by atoms with Crippen LogP contribution in [-0.2, 0) is 0 Å². The fraction of sp³-hybridized carbons (Fsp3) is 0.381. The SMILES string of the molecule is CC(C)c1ccc(NC(=S)NC2CC(C)(C)Oc3ccccc32)cc1. The molecule has 1 atom stereocenters. The van der Waals surface area contributed by atoms with Crippen molar-refractivity contribution in [1.82, 2.24) is 5.32 Å². The fourth-order valence-corrected chi connectivity index (χ4v) is 3.47. The first-order chi connectivity index (χ1) is 11.8. The van der Waals surface area contributed by atoms with Gasteiger partial charge in [0.1, 0.15) is 11.4 Å². The monoisotopic (exact) mass is 354 g/mol. The molecule has 1 aliphatic rings. The van der Waals surface area contributed by atoms with E-state index in [2.05, 4.69) is 68.7 Å². The Labute approximate surface area is 155 Å². The molecule has 2 N–H and O–H groups in total. The lowest BCUT2D eigenvalue weighted by atomic mass is 9.90. The predicted molar refractivity (Wildman–Crippen MR) is 108 cm³/mol. The van der Waals surface area contributed by atoms with Gasteiger partial charge < -0.3 is 15.4 Å². The van der Waals surface area contributed by atoms with Crippen LogP contribution in [0.1, 0.15) is 57.2 Å². The van der Waals surface area contributed by atoms with E-state index in [1.807, 2.05) is 18.2 Å². The Hall–Kier alpha value is -2.07. The molecular weight excluding hydrogens is 328 g/mol. The molecule has 0 aliphatic carbocycles. The van der Waals surface area contributed by atoms with Crippen LogP contribution in [0.15, 0.2) is 48.5 Å². The second-order valence-corrected chi connectivity index (χ2v) is 7.94. The van der Waals surface area contributed by atoms with Gasteiger partial charge in [-0.15, -0.1) is 0 Å². The zero-order chi connectivity index (χ0) is 18.0. The molecule has 0 bridgehead atoms. The van der Waals surface area contributed by atoms with Crippen LogP contribution in [-0.4, -0.2) is 10.7 Å². The third-order valence-corrected chi connectivity index (χ3v) is 4.74. The number of hydrogen-bond donors (Lipinski definition) is 2. The van der Waals surface area contributed by atoms with Crippen molar-refractivity contribution in [3.63, 3.8) is 0 Å².